The van der Waals surface area contributed by atoms with E-state index in [1.165, 1.54) is 0 Å². The Bertz CT molecular complexity index is 644. The van der Waals surface area contributed by atoms with E-state index in [-0.39, 0.29) is 24.0 Å². The molecule has 26 heavy (non-hydrogen) atoms. The van der Waals surface area contributed by atoms with Gasteiger partial charge in [-0.15, -0.1) is 24.0 Å². The molecule has 0 aliphatic carbocycles. The molecule has 7 nitrogen and oxygen atoms in total. The molecule has 0 amide bonds. The largest absolute Gasteiger partial charge is 0.357 e. The van der Waals surface area contributed by atoms with Crippen LogP contribution < -0.4 is 10.6 Å². The number of aromatic nitrogens is 3. The van der Waals surface area contributed by atoms with E-state index in [1.807, 2.05) is 24.4 Å². The average molecular weight is 472 g/mol. The molecule has 0 radical (unpaired) electrons. The maximum Gasteiger partial charge on any atom is 0.226 e. The third-order valence-electron chi connectivity index (χ3n) is 3.56. The van der Waals surface area contributed by atoms with Crippen molar-refractivity contribution in [2.45, 2.75) is 46.0 Å². The summed E-state index contributed by atoms with van der Waals surface area (Å²) in [6.07, 6.45) is 4.30. The van der Waals surface area contributed by atoms with E-state index in [0.29, 0.717) is 18.4 Å². The average Bonchev–Trinajstić information content (AvgIpc) is 3.09. The van der Waals surface area contributed by atoms with E-state index in [0.717, 1.165) is 49.8 Å². The van der Waals surface area contributed by atoms with Crippen LogP contribution in [0.3, 0.4) is 0 Å². The zero-order chi connectivity index (χ0) is 17.9. The highest BCUT2D eigenvalue weighted by Gasteiger charge is 2.09. The van der Waals surface area contributed by atoms with Crippen molar-refractivity contribution in [2.24, 2.45) is 4.99 Å². The monoisotopic (exact) mass is 472 g/mol. The van der Waals surface area contributed by atoms with Gasteiger partial charge in [0.15, 0.2) is 11.8 Å². The molecule has 0 spiro atoms. The van der Waals surface area contributed by atoms with Crippen molar-refractivity contribution < 1.29 is 4.52 Å². The minimum absolute atomic E-state index is 0. The van der Waals surface area contributed by atoms with Crippen LogP contribution in [0.1, 0.15) is 50.5 Å². The van der Waals surface area contributed by atoms with Crippen molar-refractivity contribution in [1.29, 1.82) is 0 Å². The SMILES string of the molecule is CCNC(=NCCCc1nc(C(C)C)no1)NCCc1ccccn1.I. The number of aliphatic imine (C=N–C) groups is 1. The van der Waals surface area contributed by atoms with Crippen LogP contribution in [-0.4, -0.2) is 40.7 Å². The molecule has 2 N–H and O–H groups in total. The van der Waals surface area contributed by atoms with Gasteiger partial charge in [0.25, 0.3) is 0 Å². The van der Waals surface area contributed by atoms with Gasteiger partial charge in [0.1, 0.15) is 0 Å². The van der Waals surface area contributed by atoms with E-state index >= 15 is 0 Å². The summed E-state index contributed by atoms with van der Waals surface area (Å²) < 4.78 is 5.25. The molecule has 2 aromatic heterocycles. The molecule has 0 fully saturated rings. The third kappa shape index (κ3) is 8.11. The van der Waals surface area contributed by atoms with E-state index in [2.05, 4.69) is 51.5 Å². The van der Waals surface area contributed by atoms with Crippen molar-refractivity contribution in [3.63, 3.8) is 0 Å². The number of nitrogens with one attached hydrogen (secondary N) is 2. The van der Waals surface area contributed by atoms with Crippen LogP contribution >= 0.6 is 24.0 Å². The normalized spacial score (nSPS) is 11.3. The molecular weight excluding hydrogens is 443 g/mol. The molecule has 0 unspecified atom stereocenters. The lowest BCUT2D eigenvalue weighted by molar-refractivity contribution is 0.369. The topological polar surface area (TPSA) is 88.2 Å². The van der Waals surface area contributed by atoms with Gasteiger partial charge in [-0.1, -0.05) is 25.1 Å². The van der Waals surface area contributed by atoms with Crippen molar-refractivity contribution in [3.05, 3.63) is 41.8 Å². The Kier molecular flexibility index (Phi) is 10.8. The summed E-state index contributed by atoms with van der Waals surface area (Å²) >= 11 is 0. The lowest BCUT2D eigenvalue weighted by Gasteiger charge is -2.10. The Morgan fingerprint density at radius 2 is 2.08 bits per heavy atom. The lowest BCUT2D eigenvalue weighted by atomic mass is 10.2. The highest BCUT2D eigenvalue weighted by molar-refractivity contribution is 14.0. The number of hydrogen-bond donors (Lipinski definition) is 2. The van der Waals surface area contributed by atoms with Crippen molar-refractivity contribution in [2.75, 3.05) is 19.6 Å². The number of nitrogens with zero attached hydrogens (tertiary/aromatic N) is 4. The first kappa shape index (κ1) is 22.3. The van der Waals surface area contributed by atoms with Gasteiger partial charge in [-0.3, -0.25) is 9.98 Å². The van der Waals surface area contributed by atoms with Gasteiger partial charge in [0.05, 0.1) is 0 Å². The second-order valence-corrected chi connectivity index (χ2v) is 6.06. The fourth-order valence-corrected chi connectivity index (χ4v) is 2.22. The molecule has 0 atom stereocenters. The minimum atomic E-state index is 0. The second kappa shape index (κ2) is 12.6. The van der Waals surface area contributed by atoms with Crippen molar-refractivity contribution >= 4 is 29.9 Å². The first-order valence-corrected chi connectivity index (χ1v) is 8.93. The predicted octanol–water partition coefficient (Wildman–Crippen LogP) is 2.94. The Balaban J connectivity index is 0.00000338. The number of hydrogen-bond acceptors (Lipinski definition) is 5. The number of guanidine groups is 1. The summed E-state index contributed by atoms with van der Waals surface area (Å²) in [5, 5.41) is 10.6. The first-order valence-electron chi connectivity index (χ1n) is 8.93. The summed E-state index contributed by atoms with van der Waals surface area (Å²) in [4.78, 5) is 13.3. The number of halogens is 1. The van der Waals surface area contributed by atoms with Crippen LogP contribution in [0, 0.1) is 0 Å². The smallest absolute Gasteiger partial charge is 0.226 e. The molecule has 8 heteroatoms. The predicted molar refractivity (Wildman–Crippen MR) is 114 cm³/mol. The molecule has 144 valence electrons. The second-order valence-electron chi connectivity index (χ2n) is 6.06. The maximum absolute atomic E-state index is 5.25. The lowest BCUT2D eigenvalue weighted by Crippen LogP contribution is -2.38. The van der Waals surface area contributed by atoms with Gasteiger partial charge in [0.2, 0.25) is 5.89 Å². The maximum atomic E-state index is 5.25. The molecule has 2 aromatic rings. The van der Waals surface area contributed by atoms with Crippen LogP contribution in [0.4, 0.5) is 0 Å². The van der Waals surface area contributed by atoms with Gasteiger partial charge in [-0.05, 0) is 25.5 Å². The van der Waals surface area contributed by atoms with E-state index in [9.17, 15) is 0 Å². The Morgan fingerprint density at radius 3 is 2.73 bits per heavy atom. The summed E-state index contributed by atoms with van der Waals surface area (Å²) in [5.41, 5.74) is 1.07. The Morgan fingerprint density at radius 1 is 1.23 bits per heavy atom. The van der Waals surface area contributed by atoms with Crippen molar-refractivity contribution in [3.8, 4) is 0 Å². The molecule has 0 bridgehead atoms. The van der Waals surface area contributed by atoms with Gasteiger partial charge in [-0.25, -0.2) is 0 Å². The van der Waals surface area contributed by atoms with Crippen LogP contribution in [-0.2, 0) is 12.8 Å². The molecular formula is C18H29IN6O. The summed E-state index contributed by atoms with van der Waals surface area (Å²) in [5.74, 6) is 2.57. The van der Waals surface area contributed by atoms with Gasteiger partial charge in [-0.2, -0.15) is 4.98 Å². The number of rotatable bonds is 9. The van der Waals surface area contributed by atoms with E-state index in [1.54, 1.807) is 0 Å². The standard InChI is InChI=1S/C18H28N6O.HI/c1-4-19-18(22-13-10-15-8-5-6-11-20-15)21-12-7-9-16-23-17(14(2)3)24-25-16;/h5-6,8,11,14H,4,7,9-10,12-13H2,1-3H3,(H2,19,21,22);1H. The highest BCUT2D eigenvalue weighted by Crippen LogP contribution is 2.10. The fraction of sp³-hybridized carbons (Fsp3) is 0.556. The molecule has 0 aromatic carbocycles. The fourth-order valence-electron chi connectivity index (χ4n) is 2.22. The summed E-state index contributed by atoms with van der Waals surface area (Å²) in [6, 6.07) is 5.96. The Hall–Kier alpha value is -1.71. The quantitative estimate of drug-likeness (QED) is 0.253. The summed E-state index contributed by atoms with van der Waals surface area (Å²) in [7, 11) is 0. The molecule has 2 rings (SSSR count). The van der Waals surface area contributed by atoms with Crippen LogP contribution in [0.5, 0.6) is 0 Å². The zero-order valence-corrected chi connectivity index (χ0v) is 18.1. The molecule has 0 aliphatic heterocycles. The van der Waals surface area contributed by atoms with Gasteiger partial charge < -0.3 is 15.2 Å². The van der Waals surface area contributed by atoms with E-state index in [4.69, 9.17) is 4.52 Å². The minimum Gasteiger partial charge on any atom is -0.357 e. The van der Waals surface area contributed by atoms with Crippen LogP contribution in [0.15, 0.2) is 33.9 Å². The van der Waals surface area contributed by atoms with Crippen LogP contribution in [0.25, 0.3) is 0 Å². The molecule has 0 saturated heterocycles. The van der Waals surface area contributed by atoms with Gasteiger partial charge in [0, 0.05) is 50.3 Å². The molecule has 0 saturated carbocycles. The zero-order valence-electron chi connectivity index (χ0n) is 15.7. The highest BCUT2D eigenvalue weighted by atomic mass is 127. The number of aryl methyl sites for hydroxylation is 1. The number of pyridine rings is 1. The van der Waals surface area contributed by atoms with Crippen molar-refractivity contribution in [1.82, 2.24) is 25.8 Å². The van der Waals surface area contributed by atoms with Gasteiger partial charge >= 0.3 is 0 Å². The first-order chi connectivity index (χ1) is 12.2. The molecule has 0 aliphatic rings. The summed E-state index contributed by atoms with van der Waals surface area (Å²) in [6.45, 7) is 8.50. The Labute approximate surface area is 172 Å². The molecule has 2 heterocycles. The van der Waals surface area contributed by atoms with Crippen LogP contribution in [0.2, 0.25) is 0 Å². The third-order valence-corrected chi connectivity index (χ3v) is 3.56. The van der Waals surface area contributed by atoms with E-state index < -0.39 is 0 Å².